The fourth-order valence-electron chi connectivity index (χ4n) is 3.56. The summed E-state index contributed by atoms with van der Waals surface area (Å²) in [5, 5.41) is 1.13. The van der Waals surface area contributed by atoms with Gasteiger partial charge in [-0.2, -0.15) is 0 Å². The lowest BCUT2D eigenvalue weighted by molar-refractivity contribution is 0.627. The van der Waals surface area contributed by atoms with Crippen molar-refractivity contribution in [3.8, 4) is 0 Å². The Balaban J connectivity index is 0.000000814. The molecule has 0 aliphatic heterocycles. The highest BCUT2D eigenvalue weighted by molar-refractivity contribution is 9.10. The van der Waals surface area contributed by atoms with E-state index in [1.165, 1.54) is 11.6 Å². The Hall–Kier alpha value is -2.27. The molecule has 0 bridgehead atoms. The van der Waals surface area contributed by atoms with E-state index < -0.39 is 0 Å². The number of pyridine rings is 2. The van der Waals surface area contributed by atoms with Crippen molar-refractivity contribution in [2.24, 2.45) is 0 Å². The standard InChI is InChI=1S/C19H13BrFN3.C2H6/c20-14-9-15(21)18-23-10-17(24(18)11-14)19(5-6-19)13-3-4-16-12(8-13)2-1-7-22-16;1-2/h1-4,7-11H,5-6H2;1-2H3. The second kappa shape index (κ2) is 6.47. The van der Waals surface area contributed by atoms with Crippen LogP contribution in [0.1, 0.15) is 37.9 Å². The second-order valence-electron chi connectivity index (χ2n) is 6.34. The molecule has 0 unspecified atom stereocenters. The molecule has 1 aromatic carbocycles. The molecule has 0 atom stereocenters. The largest absolute Gasteiger partial charge is 0.300 e. The van der Waals surface area contributed by atoms with E-state index in [0.717, 1.165) is 29.4 Å². The third-order valence-corrected chi connectivity index (χ3v) is 5.36. The summed E-state index contributed by atoms with van der Waals surface area (Å²) in [6.45, 7) is 4.00. The maximum atomic E-state index is 14.2. The van der Waals surface area contributed by atoms with Gasteiger partial charge in [0.15, 0.2) is 11.5 Å². The Morgan fingerprint density at radius 1 is 1.12 bits per heavy atom. The highest BCUT2D eigenvalue weighted by Crippen LogP contribution is 2.53. The van der Waals surface area contributed by atoms with Crippen molar-refractivity contribution in [3.05, 3.63) is 76.5 Å². The van der Waals surface area contributed by atoms with Crippen molar-refractivity contribution in [2.75, 3.05) is 0 Å². The van der Waals surface area contributed by atoms with Crippen LogP contribution in [0.15, 0.2) is 59.5 Å². The first-order valence-electron chi connectivity index (χ1n) is 8.85. The number of nitrogens with zero attached hydrogens (tertiary/aromatic N) is 3. The number of rotatable bonds is 2. The van der Waals surface area contributed by atoms with Crippen LogP contribution in [0.2, 0.25) is 0 Å². The van der Waals surface area contributed by atoms with Gasteiger partial charge >= 0.3 is 0 Å². The maximum Gasteiger partial charge on any atom is 0.173 e. The molecule has 1 saturated carbocycles. The number of aromatic nitrogens is 3. The molecule has 5 heteroatoms. The zero-order valence-electron chi connectivity index (χ0n) is 14.7. The minimum absolute atomic E-state index is 0.0866. The lowest BCUT2D eigenvalue weighted by Gasteiger charge is -2.16. The Morgan fingerprint density at radius 3 is 2.69 bits per heavy atom. The number of halogens is 2. The van der Waals surface area contributed by atoms with Crippen molar-refractivity contribution >= 4 is 32.5 Å². The minimum atomic E-state index is -0.311. The summed E-state index contributed by atoms with van der Waals surface area (Å²) in [5.74, 6) is -0.311. The van der Waals surface area contributed by atoms with Gasteiger partial charge in [0.1, 0.15) is 0 Å². The smallest absolute Gasteiger partial charge is 0.173 e. The molecule has 132 valence electrons. The number of benzene rings is 1. The molecule has 0 radical (unpaired) electrons. The molecule has 1 aliphatic carbocycles. The second-order valence-corrected chi connectivity index (χ2v) is 7.25. The van der Waals surface area contributed by atoms with Crippen molar-refractivity contribution < 1.29 is 4.39 Å². The Kier molecular flexibility index (Phi) is 4.27. The Bertz CT molecular complexity index is 1100. The van der Waals surface area contributed by atoms with Gasteiger partial charge < -0.3 is 0 Å². The van der Waals surface area contributed by atoms with Crippen molar-refractivity contribution in [3.63, 3.8) is 0 Å². The van der Waals surface area contributed by atoms with Crippen molar-refractivity contribution in [1.29, 1.82) is 0 Å². The first-order valence-corrected chi connectivity index (χ1v) is 9.65. The highest BCUT2D eigenvalue weighted by atomic mass is 79.9. The molecule has 5 rings (SSSR count). The number of fused-ring (bicyclic) bond motifs is 2. The van der Waals surface area contributed by atoms with Crippen LogP contribution >= 0.6 is 15.9 Å². The SMILES string of the molecule is CC.Fc1cc(Br)cn2c(C3(c4ccc5ncccc5c4)CC3)cnc12. The van der Waals surface area contributed by atoms with Gasteiger partial charge in [0.2, 0.25) is 0 Å². The van der Waals surface area contributed by atoms with Gasteiger partial charge in [0.25, 0.3) is 0 Å². The van der Waals surface area contributed by atoms with Crippen LogP contribution in [0, 0.1) is 5.82 Å². The van der Waals surface area contributed by atoms with Crippen LogP contribution < -0.4 is 0 Å². The normalized spacial score (nSPS) is 14.9. The third kappa shape index (κ3) is 2.62. The van der Waals surface area contributed by atoms with E-state index in [-0.39, 0.29) is 11.2 Å². The first-order chi connectivity index (χ1) is 12.7. The molecule has 1 fully saturated rings. The predicted octanol–water partition coefficient (Wildman–Crippen LogP) is 5.89. The van der Waals surface area contributed by atoms with E-state index in [9.17, 15) is 4.39 Å². The lowest BCUT2D eigenvalue weighted by atomic mass is 9.91. The Morgan fingerprint density at radius 2 is 1.92 bits per heavy atom. The van der Waals surface area contributed by atoms with E-state index in [2.05, 4.69) is 50.2 Å². The van der Waals surface area contributed by atoms with Crippen LogP contribution in [0.4, 0.5) is 4.39 Å². The monoisotopic (exact) mass is 411 g/mol. The predicted molar refractivity (Wildman–Crippen MR) is 106 cm³/mol. The molecular weight excluding hydrogens is 393 g/mol. The quantitative estimate of drug-likeness (QED) is 0.411. The first kappa shape index (κ1) is 17.2. The van der Waals surface area contributed by atoms with Crippen LogP contribution in [-0.2, 0) is 5.41 Å². The van der Waals surface area contributed by atoms with Gasteiger partial charge in [-0.25, -0.2) is 9.37 Å². The molecule has 0 amide bonds. The summed E-state index contributed by atoms with van der Waals surface area (Å²) in [4.78, 5) is 8.70. The van der Waals surface area contributed by atoms with Crippen LogP contribution in [0.5, 0.6) is 0 Å². The van der Waals surface area contributed by atoms with E-state index in [1.807, 2.05) is 36.7 Å². The van der Waals surface area contributed by atoms with Gasteiger partial charge in [-0.05, 0) is 58.6 Å². The van der Waals surface area contributed by atoms with Gasteiger partial charge in [-0.1, -0.05) is 26.0 Å². The molecule has 1 aliphatic rings. The summed E-state index contributed by atoms with van der Waals surface area (Å²) >= 11 is 3.38. The number of hydrogen-bond donors (Lipinski definition) is 0. The summed E-state index contributed by atoms with van der Waals surface area (Å²) in [5.41, 5.74) is 3.56. The van der Waals surface area contributed by atoms with E-state index in [4.69, 9.17) is 0 Å². The van der Waals surface area contributed by atoms with Gasteiger partial charge in [-0.3, -0.25) is 9.38 Å². The molecule has 4 aromatic rings. The van der Waals surface area contributed by atoms with Crippen LogP contribution in [-0.4, -0.2) is 14.4 Å². The number of hydrogen-bond acceptors (Lipinski definition) is 2. The highest BCUT2D eigenvalue weighted by Gasteiger charge is 2.48. The molecule has 0 saturated heterocycles. The minimum Gasteiger partial charge on any atom is -0.300 e. The molecular formula is C21H19BrFN3. The van der Waals surface area contributed by atoms with Crippen molar-refractivity contribution in [1.82, 2.24) is 14.4 Å². The zero-order valence-corrected chi connectivity index (χ0v) is 16.3. The van der Waals surface area contributed by atoms with Crippen LogP contribution in [0.25, 0.3) is 16.6 Å². The average molecular weight is 412 g/mol. The molecule has 26 heavy (non-hydrogen) atoms. The third-order valence-electron chi connectivity index (χ3n) is 4.92. The molecule has 0 spiro atoms. The van der Waals surface area contributed by atoms with Gasteiger partial charge in [-0.15, -0.1) is 0 Å². The van der Waals surface area contributed by atoms with Gasteiger partial charge in [0, 0.05) is 27.7 Å². The zero-order chi connectivity index (χ0) is 18.3. The van der Waals surface area contributed by atoms with E-state index in [1.54, 1.807) is 6.20 Å². The average Bonchev–Trinajstić information content (AvgIpc) is 3.36. The fraction of sp³-hybridized carbons (Fsp3) is 0.238. The van der Waals surface area contributed by atoms with E-state index in [0.29, 0.717) is 10.1 Å². The maximum absolute atomic E-state index is 14.2. The fourth-order valence-corrected chi connectivity index (χ4v) is 3.97. The topological polar surface area (TPSA) is 30.2 Å². The molecule has 3 heterocycles. The molecule has 3 nitrogen and oxygen atoms in total. The molecule has 0 N–H and O–H groups in total. The summed E-state index contributed by atoms with van der Waals surface area (Å²) < 4.78 is 16.7. The van der Waals surface area contributed by atoms with E-state index >= 15 is 0 Å². The number of imidazole rings is 1. The van der Waals surface area contributed by atoms with Gasteiger partial charge in [0.05, 0.1) is 17.4 Å². The summed E-state index contributed by atoms with van der Waals surface area (Å²) in [6.07, 6.45) is 7.59. The summed E-state index contributed by atoms with van der Waals surface area (Å²) in [6, 6.07) is 11.9. The summed E-state index contributed by atoms with van der Waals surface area (Å²) in [7, 11) is 0. The molecule has 3 aromatic heterocycles. The Labute approximate surface area is 160 Å². The van der Waals surface area contributed by atoms with Crippen LogP contribution in [0.3, 0.4) is 0 Å². The lowest BCUT2D eigenvalue weighted by Crippen LogP contribution is -2.12. The van der Waals surface area contributed by atoms with Crippen molar-refractivity contribution in [2.45, 2.75) is 32.1 Å².